The maximum absolute atomic E-state index is 12.3. The third-order valence-electron chi connectivity index (χ3n) is 3.16. The highest BCUT2D eigenvalue weighted by molar-refractivity contribution is 9.10. The number of thioether (sulfide) groups is 1. The molecule has 0 radical (unpaired) electrons. The average Bonchev–Trinajstić information content (AvgIpc) is 2.73. The summed E-state index contributed by atoms with van der Waals surface area (Å²) in [7, 11) is 0. The first-order chi connectivity index (χ1) is 8.58. The quantitative estimate of drug-likeness (QED) is 0.920. The largest absolute Gasteiger partial charge is 0.348 e. The molecule has 1 amide bonds. The summed E-state index contributed by atoms with van der Waals surface area (Å²) in [5.74, 6) is 2.35. The van der Waals surface area contributed by atoms with Crippen molar-refractivity contribution in [2.75, 3.05) is 11.5 Å². The van der Waals surface area contributed by atoms with E-state index in [1.165, 1.54) is 0 Å². The topological polar surface area (TPSA) is 34.0 Å². The van der Waals surface area contributed by atoms with E-state index in [4.69, 9.17) is 0 Å². The number of halogens is 1. The molecular weight excluding hydrogens is 312 g/mol. The lowest BCUT2D eigenvalue weighted by Gasteiger charge is -2.23. The Morgan fingerprint density at radius 2 is 2.17 bits per heavy atom. The molecule has 18 heavy (non-hydrogen) atoms. The second-order valence-corrected chi connectivity index (χ2v) is 7.05. The summed E-state index contributed by atoms with van der Waals surface area (Å²) in [6, 6.07) is 2.53. The molecule has 1 aromatic rings. The van der Waals surface area contributed by atoms with Crippen molar-refractivity contribution < 1.29 is 4.79 Å². The first kappa shape index (κ1) is 14.0. The number of carbonyl (C=O) groups excluding carboxylic acids is 1. The van der Waals surface area contributed by atoms with E-state index in [-0.39, 0.29) is 5.91 Å². The van der Waals surface area contributed by atoms with Gasteiger partial charge < -0.3 is 9.88 Å². The van der Waals surface area contributed by atoms with Crippen LogP contribution in [0.5, 0.6) is 0 Å². The number of amides is 1. The number of nitrogens with zero attached hydrogens (tertiary/aromatic N) is 1. The summed E-state index contributed by atoms with van der Waals surface area (Å²) in [5.41, 5.74) is 0.745. The highest BCUT2D eigenvalue weighted by Crippen LogP contribution is 2.21. The summed E-state index contributed by atoms with van der Waals surface area (Å²) in [6.45, 7) is 4.17. The molecule has 3 nitrogen and oxygen atoms in total. The number of hydrogen-bond donors (Lipinski definition) is 1. The number of carbonyl (C=O) groups is 1. The molecule has 1 aliphatic rings. The molecule has 1 aliphatic heterocycles. The molecule has 1 aromatic heterocycles. The van der Waals surface area contributed by atoms with Crippen LogP contribution in [0.15, 0.2) is 16.7 Å². The van der Waals surface area contributed by atoms with E-state index >= 15 is 0 Å². The minimum atomic E-state index is 0.0475. The molecule has 0 bridgehead atoms. The molecule has 0 aliphatic carbocycles. The van der Waals surface area contributed by atoms with Gasteiger partial charge in [0.2, 0.25) is 0 Å². The van der Waals surface area contributed by atoms with Crippen LogP contribution in [0.1, 0.15) is 43.2 Å². The fourth-order valence-corrected chi connectivity index (χ4v) is 3.70. The van der Waals surface area contributed by atoms with Crippen LogP contribution >= 0.6 is 27.7 Å². The Balaban J connectivity index is 2.08. The van der Waals surface area contributed by atoms with Crippen LogP contribution in [0.4, 0.5) is 0 Å². The lowest BCUT2D eigenvalue weighted by Crippen LogP contribution is -2.38. The maximum atomic E-state index is 12.3. The Morgan fingerprint density at radius 1 is 1.50 bits per heavy atom. The smallest absolute Gasteiger partial charge is 0.268 e. The van der Waals surface area contributed by atoms with Crippen LogP contribution in [-0.2, 0) is 0 Å². The first-order valence-corrected chi connectivity index (χ1v) is 8.28. The van der Waals surface area contributed by atoms with Crippen LogP contribution in [0.2, 0.25) is 0 Å². The maximum Gasteiger partial charge on any atom is 0.268 e. The van der Waals surface area contributed by atoms with Gasteiger partial charge in [0.1, 0.15) is 5.69 Å². The summed E-state index contributed by atoms with van der Waals surface area (Å²) >= 11 is 5.41. The Hall–Kier alpha value is -0.420. The van der Waals surface area contributed by atoms with E-state index in [1.807, 2.05) is 28.6 Å². The van der Waals surface area contributed by atoms with Crippen molar-refractivity contribution in [2.45, 2.75) is 38.8 Å². The molecular formula is C13H19BrN2OS. The zero-order chi connectivity index (χ0) is 13.1. The Bertz CT molecular complexity index is 425. The first-order valence-electron chi connectivity index (χ1n) is 6.34. The van der Waals surface area contributed by atoms with Crippen molar-refractivity contribution in [3.63, 3.8) is 0 Å². The fraction of sp³-hybridized carbons (Fsp3) is 0.615. The Labute approximate surface area is 121 Å². The molecule has 0 unspecified atom stereocenters. The van der Waals surface area contributed by atoms with Gasteiger partial charge in [-0.2, -0.15) is 11.8 Å². The third-order valence-corrected chi connectivity index (χ3v) is 4.64. The Morgan fingerprint density at radius 3 is 2.78 bits per heavy atom. The van der Waals surface area contributed by atoms with Gasteiger partial charge in [0.05, 0.1) is 0 Å². The van der Waals surface area contributed by atoms with E-state index in [0.29, 0.717) is 12.1 Å². The van der Waals surface area contributed by atoms with Gasteiger partial charge in [0, 0.05) is 22.8 Å². The van der Waals surface area contributed by atoms with E-state index in [1.54, 1.807) is 0 Å². The fourth-order valence-electron chi connectivity index (χ4n) is 2.16. The summed E-state index contributed by atoms with van der Waals surface area (Å²) in [4.78, 5) is 12.3. The van der Waals surface area contributed by atoms with Crippen molar-refractivity contribution in [3.8, 4) is 0 Å². The molecule has 100 valence electrons. The molecule has 2 heterocycles. The van der Waals surface area contributed by atoms with Gasteiger partial charge in [-0.05, 0) is 60.2 Å². The predicted octanol–water partition coefficient (Wildman–Crippen LogP) is 3.46. The van der Waals surface area contributed by atoms with Crippen LogP contribution in [0, 0.1) is 0 Å². The van der Waals surface area contributed by atoms with Gasteiger partial charge in [0.25, 0.3) is 5.91 Å². The average molecular weight is 331 g/mol. The molecule has 0 saturated carbocycles. The van der Waals surface area contributed by atoms with Gasteiger partial charge in [-0.25, -0.2) is 0 Å². The van der Waals surface area contributed by atoms with Crippen LogP contribution in [0.25, 0.3) is 0 Å². The number of nitrogens with one attached hydrogen (secondary N) is 1. The lowest BCUT2D eigenvalue weighted by molar-refractivity contribution is 0.0924. The molecule has 5 heteroatoms. The SMILES string of the molecule is CC(C)n1cc(Br)cc1C(=O)NC1CCSCC1. The summed E-state index contributed by atoms with van der Waals surface area (Å²) in [6.07, 6.45) is 4.14. The van der Waals surface area contributed by atoms with Crippen LogP contribution in [0.3, 0.4) is 0 Å². The second kappa shape index (κ2) is 6.15. The summed E-state index contributed by atoms with van der Waals surface area (Å²) < 4.78 is 2.97. The van der Waals surface area contributed by atoms with E-state index in [2.05, 4.69) is 35.1 Å². The van der Waals surface area contributed by atoms with Gasteiger partial charge in [-0.15, -0.1) is 0 Å². The zero-order valence-electron chi connectivity index (χ0n) is 10.8. The van der Waals surface area contributed by atoms with Gasteiger partial charge >= 0.3 is 0 Å². The van der Waals surface area contributed by atoms with Crippen molar-refractivity contribution in [1.29, 1.82) is 0 Å². The number of hydrogen-bond acceptors (Lipinski definition) is 2. The third kappa shape index (κ3) is 3.32. The molecule has 0 atom stereocenters. The highest BCUT2D eigenvalue weighted by Gasteiger charge is 2.20. The standard InChI is InChI=1S/C13H19BrN2OS/c1-9(2)16-8-10(14)7-12(16)13(17)15-11-3-5-18-6-4-11/h7-9,11H,3-6H2,1-2H3,(H,15,17). The van der Waals surface area contributed by atoms with Crippen LogP contribution in [-0.4, -0.2) is 28.0 Å². The van der Waals surface area contributed by atoms with Gasteiger partial charge in [-0.3, -0.25) is 4.79 Å². The summed E-state index contributed by atoms with van der Waals surface area (Å²) in [5, 5.41) is 3.15. The van der Waals surface area contributed by atoms with Crippen molar-refractivity contribution in [2.24, 2.45) is 0 Å². The molecule has 1 saturated heterocycles. The van der Waals surface area contributed by atoms with E-state index in [0.717, 1.165) is 34.5 Å². The Kier molecular flexibility index (Phi) is 4.78. The molecule has 1 N–H and O–H groups in total. The number of aromatic nitrogens is 1. The lowest BCUT2D eigenvalue weighted by atomic mass is 10.1. The van der Waals surface area contributed by atoms with Gasteiger partial charge in [-0.1, -0.05) is 0 Å². The molecule has 1 fully saturated rings. The minimum Gasteiger partial charge on any atom is -0.348 e. The second-order valence-electron chi connectivity index (χ2n) is 4.90. The van der Waals surface area contributed by atoms with Crippen LogP contribution < -0.4 is 5.32 Å². The van der Waals surface area contributed by atoms with Crippen molar-refractivity contribution in [3.05, 3.63) is 22.4 Å². The number of rotatable bonds is 3. The molecule has 0 aromatic carbocycles. The van der Waals surface area contributed by atoms with E-state index < -0.39 is 0 Å². The monoisotopic (exact) mass is 330 g/mol. The molecule has 2 rings (SSSR count). The zero-order valence-corrected chi connectivity index (χ0v) is 13.2. The van der Waals surface area contributed by atoms with E-state index in [9.17, 15) is 4.79 Å². The van der Waals surface area contributed by atoms with Crippen molar-refractivity contribution >= 4 is 33.6 Å². The van der Waals surface area contributed by atoms with Crippen molar-refractivity contribution in [1.82, 2.24) is 9.88 Å². The minimum absolute atomic E-state index is 0.0475. The molecule has 0 spiro atoms. The predicted molar refractivity (Wildman–Crippen MR) is 80.3 cm³/mol. The highest BCUT2D eigenvalue weighted by atomic mass is 79.9. The normalized spacial score (nSPS) is 17.1. The van der Waals surface area contributed by atoms with Gasteiger partial charge in [0.15, 0.2) is 0 Å².